The Bertz CT molecular complexity index is 1100. The predicted octanol–water partition coefficient (Wildman–Crippen LogP) is 4.74. The number of hydrogen-bond acceptors (Lipinski definition) is 5. The summed E-state index contributed by atoms with van der Waals surface area (Å²) < 4.78 is 39.9. The fourth-order valence-electron chi connectivity index (χ4n) is 3.71. The van der Waals surface area contributed by atoms with Crippen molar-refractivity contribution >= 4 is 23.2 Å². The Morgan fingerprint density at radius 3 is 2.38 bits per heavy atom. The zero-order chi connectivity index (χ0) is 25.0. The van der Waals surface area contributed by atoms with Gasteiger partial charge in [-0.15, -0.1) is 0 Å². The number of carbonyl (C=O) groups is 2. The first-order chi connectivity index (χ1) is 16.2. The molecule has 2 aromatic carbocycles. The molecule has 1 atom stereocenters. The number of hydrogen-bond donors (Lipinski definition) is 1. The lowest BCUT2D eigenvalue weighted by molar-refractivity contribution is -0.133. The minimum atomic E-state index is -0.794. The molecule has 1 N–H and O–H groups in total. The number of carbonyl (C=O) groups excluding carboxylic acids is 2. The van der Waals surface area contributed by atoms with Gasteiger partial charge in [0.1, 0.15) is 0 Å². The topological polar surface area (TPSA) is 80.2 Å². The Kier molecular flexibility index (Phi) is 7.86. The molecule has 2 amide bonds. The summed E-state index contributed by atoms with van der Waals surface area (Å²) in [6, 6.07) is 8.07. The number of ether oxygens (including phenoxy) is 2. The van der Waals surface area contributed by atoms with Crippen molar-refractivity contribution in [3.63, 3.8) is 0 Å². The Balaban J connectivity index is 1.93. The summed E-state index contributed by atoms with van der Waals surface area (Å²) in [5, 5.41) is 8.50. The van der Waals surface area contributed by atoms with Crippen LogP contribution in [0, 0.1) is 23.5 Å². The van der Waals surface area contributed by atoms with Crippen molar-refractivity contribution in [2.75, 3.05) is 19.5 Å². The highest BCUT2D eigenvalue weighted by Gasteiger charge is 2.33. The number of amides is 2. The van der Waals surface area contributed by atoms with Gasteiger partial charge in [0, 0.05) is 29.5 Å². The molecule has 9 heteroatoms. The maximum Gasteiger partial charge on any atom is 0.243 e. The third-order valence-electron chi connectivity index (χ3n) is 5.71. The van der Waals surface area contributed by atoms with Gasteiger partial charge in [0.25, 0.3) is 0 Å². The molecule has 1 unspecified atom stereocenters. The molecule has 0 aromatic heterocycles. The fourth-order valence-corrected chi connectivity index (χ4v) is 3.71. The Morgan fingerprint density at radius 1 is 1.18 bits per heavy atom. The van der Waals surface area contributed by atoms with E-state index < -0.39 is 11.6 Å². The molecular weight excluding hydrogens is 444 g/mol. The summed E-state index contributed by atoms with van der Waals surface area (Å²) >= 11 is 0. The molecule has 2 aromatic rings. The van der Waals surface area contributed by atoms with Gasteiger partial charge in [-0.1, -0.05) is 32.9 Å². The van der Waals surface area contributed by atoms with Crippen LogP contribution >= 0.6 is 0 Å². The van der Waals surface area contributed by atoms with Crippen LogP contribution in [0.2, 0.25) is 0 Å². The van der Waals surface area contributed by atoms with Gasteiger partial charge in [0.05, 0.1) is 26.5 Å². The van der Waals surface area contributed by atoms with Crippen molar-refractivity contribution < 1.29 is 27.8 Å². The van der Waals surface area contributed by atoms with Crippen molar-refractivity contribution in [2.45, 2.75) is 40.2 Å². The molecule has 182 valence electrons. The van der Waals surface area contributed by atoms with E-state index in [-0.39, 0.29) is 59.4 Å². The molecule has 1 aliphatic rings. The van der Waals surface area contributed by atoms with Crippen molar-refractivity contribution in [2.24, 2.45) is 16.9 Å². The molecule has 7 nitrogen and oxygen atoms in total. The lowest BCUT2D eigenvalue weighted by Crippen LogP contribution is -2.37. The molecule has 0 radical (unpaired) electrons. The van der Waals surface area contributed by atoms with Crippen LogP contribution in [-0.4, -0.2) is 36.8 Å². The quantitative estimate of drug-likeness (QED) is 0.601. The van der Waals surface area contributed by atoms with Crippen LogP contribution in [0.1, 0.15) is 44.7 Å². The first-order valence-electron chi connectivity index (χ1n) is 11.1. The van der Waals surface area contributed by atoms with Crippen LogP contribution in [0.25, 0.3) is 0 Å². The molecule has 0 saturated carbocycles. The second-order valence-corrected chi connectivity index (χ2v) is 8.37. The Labute approximate surface area is 197 Å². The summed E-state index contributed by atoms with van der Waals surface area (Å²) in [4.78, 5) is 24.6. The van der Waals surface area contributed by atoms with E-state index in [0.29, 0.717) is 12.1 Å². The SMILES string of the molecule is CCC1CC(=O)N(Cc2ccc(NC(=O)C(C)C)cc2)N=C1c1cc(F)c(OC)c(OC)c1F. The first kappa shape index (κ1) is 25.1. The van der Waals surface area contributed by atoms with Gasteiger partial charge in [-0.2, -0.15) is 5.10 Å². The van der Waals surface area contributed by atoms with E-state index in [0.717, 1.165) is 11.6 Å². The van der Waals surface area contributed by atoms with E-state index in [1.54, 1.807) is 38.1 Å². The van der Waals surface area contributed by atoms with Gasteiger partial charge in [-0.3, -0.25) is 9.59 Å². The number of hydrazone groups is 1. The highest BCUT2D eigenvalue weighted by Crippen LogP contribution is 2.37. The number of nitrogens with one attached hydrogen (secondary N) is 1. The largest absolute Gasteiger partial charge is 0.490 e. The highest BCUT2D eigenvalue weighted by atomic mass is 19.1. The minimum Gasteiger partial charge on any atom is -0.490 e. The van der Waals surface area contributed by atoms with Gasteiger partial charge < -0.3 is 14.8 Å². The average Bonchev–Trinajstić information content (AvgIpc) is 2.82. The number of anilines is 1. The molecular formula is C25H29F2N3O4. The first-order valence-corrected chi connectivity index (χ1v) is 11.1. The summed E-state index contributed by atoms with van der Waals surface area (Å²) in [5.41, 5.74) is 1.63. The minimum absolute atomic E-state index is 0.0637. The molecule has 34 heavy (non-hydrogen) atoms. The zero-order valence-corrected chi connectivity index (χ0v) is 19.9. The number of benzene rings is 2. The lowest BCUT2D eigenvalue weighted by Gasteiger charge is -2.29. The highest BCUT2D eigenvalue weighted by molar-refractivity contribution is 6.06. The van der Waals surface area contributed by atoms with E-state index >= 15 is 4.39 Å². The Morgan fingerprint density at radius 2 is 1.82 bits per heavy atom. The van der Waals surface area contributed by atoms with E-state index in [4.69, 9.17) is 9.47 Å². The van der Waals surface area contributed by atoms with Crippen molar-refractivity contribution in [1.82, 2.24) is 5.01 Å². The number of rotatable bonds is 8. The van der Waals surface area contributed by atoms with E-state index in [1.807, 2.05) is 6.92 Å². The lowest BCUT2D eigenvalue weighted by atomic mass is 9.89. The van der Waals surface area contributed by atoms with Crippen molar-refractivity contribution in [1.29, 1.82) is 0 Å². The monoisotopic (exact) mass is 473 g/mol. The molecule has 3 rings (SSSR count). The van der Waals surface area contributed by atoms with Gasteiger partial charge in [0.15, 0.2) is 17.4 Å². The second kappa shape index (κ2) is 10.6. The van der Waals surface area contributed by atoms with Crippen molar-refractivity contribution in [3.05, 3.63) is 53.1 Å². The molecule has 1 aliphatic heterocycles. The molecule has 1 heterocycles. The van der Waals surface area contributed by atoms with Crippen LogP contribution in [0.4, 0.5) is 14.5 Å². The average molecular weight is 474 g/mol. The maximum atomic E-state index is 15.3. The van der Waals surface area contributed by atoms with E-state index in [1.165, 1.54) is 19.2 Å². The summed E-state index contributed by atoms with van der Waals surface area (Å²) in [7, 11) is 2.46. The number of nitrogens with zero attached hydrogens (tertiary/aromatic N) is 2. The molecule has 0 spiro atoms. The van der Waals surface area contributed by atoms with E-state index in [9.17, 15) is 14.0 Å². The number of halogens is 2. The smallest absolute Gasteiger partial charge is 0.243 e. The summed E-state index contributed by atoms with van der Waals surface area (Å²) in [6.45, 7) is 5.62. The normalized spacial score (nSPS) is 15.9. The standard InChI is InChI=1S/C25H29F2N3O4/c1-6-16-11-20(31)30(13-15-7-9-17(10-8-15)28-25(32)14(2)3)29-22(16)18-12-19(26)23(33-4)24(34-5)21(18)27/h7-10,12,14,16H,6,11,13H2,1-5H3,(H,28,32). The third-order valence-corrected chi connectivity index (χ3v) is 5.71. The third kappa shape index (κ3) is 5.18. The Hall–Kier alpha value is -3.49. The zero-order valence-electron chi connectivity index (χ0n) is 19.9. The molecule has 0 bridgehead atoms. The fraction of sp³-hybridized carbons (Fsp3) is 0.400. The van der Waals surface area contributed by atoms with Gasteiger partial charge >= 0.3 is 0 Å². The summed E-state index contributed by atoms with van der Waals surface area (Å²) in [6.07, 6.45) is 0.644. The van der Waals surface area contributed by atoms with Crippen molar-refractivity contribution in [3.8, 4) is 11.5 Å². The van der Waals surface area contributed by atoms with Gasteiger partial charge in [-0.05, 0) is 30.2 Å². The van der Waals surface area contributed by atoms with E-state index in [2.05, 4.69) is 10.4 Å². The molecule has 0 aliphatic carbocycles. The van der Waals surface area contributed by atoms with Crippen LogP contribution in [-0.2, 0) is 16.1 Å². The van der Waals surface area contributed by atoms with Gasteiger partial charge in [-0.25, -0.2) is 13.8 Å². The van der Waals surface area contributed by atoms with Crippen LogP contribution in [0.5, 0.6) is 11.5 Å². The number of methoxy groups -OCH3 is 2. The predicted molar refractivity (Wildman–Crippen MR) is 125 cm³/mol. The van der Waals surface area contributed by atoms with Crippen LogP contribution < -0.4 is 14.8 Å². The van der Waals surface area contributed by atoms with Crippen LogP contribution in [0.15, 0.2) is 35.4 Å². The maximum absolute atomic E-state index is 15.3. The van der Waals surface area contributed by atoms with Crippen LogP contribution in [0.3, 0.4) is 0 Å². The molecule has 0 saturated heterocycles. The molecule has 0 fully saturated rings. The second-order valence-electron chi connectivity index (χ2n) is 8.37. The van der Waals surface area contributed by atoms with Gasteiger partial charge in [0.2, 0.25) is 17.6 Å². The summed E-state index contributed by atoms with van der Waals surface area (Å²) in [5.74, 6) is -3.08.